The van der Waals surface area contributed by atoms with Gasteiger partial charge in [-0.05, 0) is 42.3 Å². The van der Waals surface area contributed by atoms with E-state index in [1.54, 1.807) is 24.5 Å². The zero-order chi connectivity index (χ0) is 18.6. The maximum atomic E-state index is 14.6. The Balaban J connectivity index is 1.36. The Labute approximate surface area is 160 Å². The van der Waals surface area contributed by atoms with E-state index in [1.807, 2.05) is 11.0 Å². The third-order valence-corrected chi connectivity index (χ3v) is 5.19. The molecular formula is C18H20FN3O4S. The average Bonchev–Trinajstić information content (AvgIpc) is 3.32. The van der Waals surface area contributed by atoms with Gasteiger partial charge in [0.2, 0.25) is 0 Å². The molecule has 2 aromatic rings. The minimum Gasteiger partial charge on any atom is -0.457 e. The van der Waals surface area contributed by atoms with Crippen LogP contribution < -0.4 is 14.5 Å². The summed E-state index contributed by atoms with van der Waals surface area (Å²) in [5, 5.41) is 0.733. The summed E-state index contributed by atoms with van der Waals surface area (Å²) in [6, 6.07) is 8.49. The lowest BCUT2D eigenvalue weighted by Gasteiger charge is -2.29. The third kappa shape index (κ3) is 4.20. The molecule has 2 saturated heterocycles. The molecule has 1 amide bonds. The second kappa shape index (κ2) is 8.20. The van der Waals surface area contributed by atoms with Crippen molar-refractivity contribution in [1.29, 1.82) is 0 Å². The van der Waals surface area contributed by atoms with Crippen LogP contribution in [0.1, 0.15) is 0 Å². The van der Waals surface area contributed by atoms with E-state index in [9.17, 15) is 9.18 Å². The number of carbonyl (C=O) groups is 1. The van der Waals surface area contributed by atoms with Crippen LogP contribution in [0, 0.1) is 5.82 Å². The maximum absolute atomic E-state index is 14.6. The number of halogens is 1. The summed E-state index contributed by atoms with van der Waals surface area (Å²) in [6.45, 7) is 3.31. The number of furan rings is 1. The third-order valence-electron chi connectivity index (χ3n) is 4.45. The van der Waals surface area contributed by atoms with Gasteiger partial charge in [0.1, 0.15) is 11.9 Å². The van der Waals surface area contributed by atoms with Gasteiger partial charge in [0.15, 0.2) is 5.09 Å². The molecule has 1 atom stereocenters. The highest BCUT2D eigenvalue weighted by Gasteiger charge is 2.32. The number of anilines is 2. The van der Waals surface area contributed by atoms with E-state index < -0.39 is 6.09 Å². The number of carbonyl (C=O) groups excluding carboxylic acids is 1. The molecule has 0 radical (unpaired) electrons. The Hall–Kier alpha value is -2.23. The topological polar surface area (TPSA) is 67.2 Å². The molecule has 7 nitrogen and oxygen atoms in total. The molecule has 4 rings (SSSR count). The minimum atomic E-state index is -0.469. The van der Waals surface area contributed by atoms with Gasteiger partial charge in [0, 0.05) is 19.6 Å². The summed E-state index contributed by atoms with van der Waals surface area (Å²) < 4.78 is 33.6. The van der Waals surface area contributed by atoms with Crippen LogP contribution in [0.3, 0.4) is 0 Å². The molecule has 0 aliphatic carbocycles. The predicted octanol–water partition coefficient (Wildman–Crippen LogP) is 2.88. The molecule has 9 heteroatoms. The second-order valence-electron chi connectivity index (χ2n) is 6.23. The lowest BCUT2D eigenvalue weighted by atomic mass is 10.2. The fourth-order valence-corrected chi connectivity index (χ4v) is 3.75. The van der Waals surface area contributed by atoms with Gasteiger partial charge in [-0.25, -0.2) is 9.18 Å². The van der Waals surface area contributed by atoms with E-state index in [0.29, 0.717) is 50.8 Å². The van der Waals surface area contributed by atoms with E-state index in [0.717, 1.165) is 5.09 Å². The molecule has 0 bridgehead atoms. The van der Waals surface area contributed by atoms with Gasteiger partial charge in [-0.15, -0.1) is 0 Å². The van der Waals surface area contributed by atoms with Crippen LogP contribution in [0.15, 0.2) is 46.1 Å². The zero-order valence-corrected chi connectivity index (χ0v) is 15.4. The number of amides is 1. The minimum absolute atomic E-state index is 0.318. The monoisotopic (exact) mass is 393 g/mol. The highest BCUT2D eigenvalue weighted by atomic mass is 32.2. The highest BCUT2D eigenvalue weighted by Crippen LogP contribution is 2.28. The number of nitrogens with one attached hydrogen (secondary N) is 1. The van der Waals surface area contributed by atoms with Crippen LogP contribution in [0.5, 0.6) is 0 Å². The van der Waals surface area contributed by atoms with Crippen molar-refractivity contribution in [2.75, 3.05) is 49.2 Å². The first-order valence-corrected chi connectivity index (χ1v) is 9.56. The van der Waals surface area contributed by atoms with Gasteiger partial charge < -0.3 is 18.8 Å². The molecule has 2 aliphatic heterocycles. The number of hydrogen-bond acceptors (Lipinski definition) is 7. The van der Waals surface area contributed by atoms with Crippen molar-refractivity contribution in [3.63, 3.8) is 0 Å². The van der Waals surface area contributed by atoms with Gasteiger partial charge in [0.05, 0.1) is 37.4 Å². The van der Waals surface area contributed by atoms with E-state index in [1.165, 1.54) is 22.9 Å². The van der Waals surface area contributed by atoms with Crippen molar-refractivity contribution >= 4 is 29.4 Å². The van der Waals surface area contributed by atoms with Crippen LogP contribution in [0.4, 0.5) is 20.6 Å². The van der Waals surface area contributed by atoms with Crippen LogP contribution in [-0.2, 0) is 9.47 Å². The quantitative estimate of drug-likeness (QED) is 0.757. The van der Waals surface area contributed by atoms with Crippen molar-refractivity contribution in [2.45, 2.75) is 11.2 Å². The first-order chi connectivity index (χ1) is 13.2. The lowest BCUT2D eigenvalue weighted by molar-refractivity contribution is 0.122. The predicted molar refractivity (Wildman–Crippen MR) is 99.6 cm³/mol. The Morgan fingerprint density at radius 2 is 2.11 bits per heavy atom. The van der Waals surface area contributed by atoms with Crippen LogP contribution in [0.25, 0.3) is 0 Å². The SMILES string of the molecule is O=C1O[C@H](CNSc2ccco2)CN1c1ccc(N2CCOCC2)c(F)c1. The van der Waals surface area contributed by atoms with Gasteiger partial charge in [-0.1, -0.05) is 0 Å². The van der Waals surface area contributed by atoms with Gasteiger partial charge in [0.25, 0.3) is 0 Å². The van der Waals surface area contributed by atoms with E-state index in [-0.39, 0.29) is 11.9 Å². The molecule has 1 aromatic heterocycles. The molecule has 0 spiro atoms. The van der Waals surface area contributed by atoms with E-state index in [2.05, 4.69) is 4.72 Å². The van der Waals surface area contributed by atoms with Gasteiger partial charge >= 0.3 is 6.09 Å². The molecule has 27 heavy (non-hydrogen) atoms. The van der Waals surface area contributed by atoms with Crippen molar-refractivity contribution in [1.82, 2.24) is 4.72 Å². The van der Waals surface area contributed by atoms with Crippen molar-refractivity contribution in [3.8, 4) is 0 Å². The van der Waals surface area contributed by atoms with Crippen LogP contribution >= 0.6 is 11.9 Å². The number of benzene rings is 1. The van der Waals surface area contributed by atoms with E-state index >= 15 is 0 Å². The molecule has 0 saturated carbocycles. The molecule has 3 heterocycles. The summed E-state index contributed by atoms with van der Waals surface area (Å²) in [7, 11) is 0. The first-order valence-electron chi connectivity index (χ1n) is 8.74. The summed E-state index contributed by atoms with van der Waals surface area (Å²) in [5.41, 5.74) is 1.03. The molecule has 0 unspecified atom stereocenters. The highest BCUT2D eigenvalue weighted by molar-refractivity contribution is 7.97. The largest absolute Gasteiger partial charge is 0.457 e. The summed E-state index contributed by atoms with van der Waals surface area (Å²) >= 11 is 1.33. The number of rotatable bonds is 6. The maximum Gasteiger partial charge on any atom is 0.414 e. The normalized spacial score (nSPS) is 20.2. The second-order valence-corrected chi connectivity index (χ2v) is 7.13. The Morgan fingerprint density at radius 3 is 2.85 bits per heavy atom. The molecule has 1 aromatic carbocycles. The average molecular weight is 393 g/mol. The molecular weight excluding hydrogens is 373 g/mol. The van der Waals surface area contributed by atoms with Crippen molar-refractivity contribution < 1.29 is 23.1 Å². The number of cyclic esters (lactones) is 1. The smallest absolute Gasteiger partial charge is 0.414 e. The Kier molecular flexibility index (Phi) is 5.51. The molecule has 1 N–H and O–H groups in total. The summed E-state index contributed by atoms with van der Waals surface area (Å²) in [6.07, 6.45) is 0.807. The molecule has 2 aliphatic rings. The number of nitrogens with zero attached hydrogens (tertiary/aromatic N) is 2. The Morgan fingerprint density at radius 1 is 1.26 bits per heavy atom. The van der Waals surface area contributed by atoms with Crippen LogP contribution in [0.2, 0.25) is 0 Å². The van der Waals surface area contributed by atoms with Crippen molar-refractivity contribution in [2.24, 2.45) is 0 Å². The Bertz CT molecular complexity index is 783. The number of ether oxygens (including phenoxy) is 2. The summed E-state index contributed by atoms with van der Waals surface area (Å²) in [5.74, 6) is -0.350. The number of hydrogen-bond donors (Lipinski definition) is 1. The summed E-state index contributed by atoms with van der Waals surface area (Å²) in [4.78, 5) is 15.6. The zero-order valence-electron chi connectivity index (χ0n) is 14.6. The standard InChI is InChI=1S/C18H20FN3O4S/c19-15-10-13(3-4-16(15)21-5-8-24-9-6-21)22-12-14(26-18(22)23)11-20-27-17-2-1-7-25-17/h1-4,7,10,14,20H,5-6,8-9,11-12H2/t14-/m1/s1. The van der Waals surface area contributed by atoms with Gasteiger partial charge in [-0.3, -0.25) is 9.62 Å². The number of morpholine rings is 1. The van der Waals surface area contributed by atoms with Crippen molar-refractivity contribution in [3.05, 3.63) is 42.4 Å². The first kappa shape index (κ1) is 18.1. The fourth-order valence-electron chi connectivity index (χ4n) is 3.09. The molecule has 144 valence electrons. The van der Waals surface area contributed by atoms with Crippen LogP contribution in [-0.4, -0.2) is 51.6 Å². The van der Waals surface area contributed by atoms with E-state index in [4.69, 9.17) is 13.9 Å². The van der Waals surface area contributed by atoms with Gasteiger partial charge in [-0.2, -0.15) is 0 Å². The fraction of sp³-hybridized carbons (Fsp3) is 0.389. The molecule has 2 fully saturated rings. The lowest BCUT2D eigenvalue weighted by Crippen LogP contribution is -2.36.